The van der Waals surface area contributed by atoms with Gasteiger partial charge in [-0.3, -0.25) is 9.59 Å². The Morgan fingerprint density at radius 3 is 2.55 bits per heavy atom. The Balaban J connectivity index is 1.66. The highest BCUT2D eigenvalue weighted by Crippen LogP contribution is 2.42. The molecule has 3 aromatic rings. The normalized spacial score (nSPS) is 20.9. The maximum absolute atomic E-state index is 13.5. The van der Waals surface area contributed by atoms with Crippen molar-refractivity contribution in [2.75, 3.05) is 20.2 Å². The van der Waals surface area contributed by atoms with Crippen molar-refractivity contribution in [3.8, 4) is 5.75 Å². The zero-order valence-electron chi connectivity index (χ0n) is 18.1. The molecule has 31 heavy (non-hydrogen) atoms. The number of carbonyl (C=O) groups excluding carboxylic acids is 2. The van der Waals surface area contributed by atoms with E-state index in [1.54, 1.807) is 16.9 Å². The van der Waals surface area contributed by atoms with Crippen molar-refractivity contribution in [3.05, 3.63) is 65.4 Å². The number of fused-ring (bicyclic) bond motifs is 4. The number of benzene rings is 2. The number of H-pyrrole nitrogens is 1. The molecule has 6 nitrogen and oxygen atoms in total. The van der Waals surface area contributed by atoms with Gasteiger partial charge in [-0.2, -0.15) is 0 Å². The Morgan fingerprint density at radius 2 is 1.84 bits per heavy atom. The number of methoxy groups -OCH3 is 1. The van der Waals surface area contributed by atoms with Crippen LogP contribution >= 0.6 is 0 Å². The van der Waals surface area contributed by atoms with Crippen LogP contribution in [0.4, 0.5) is 0 Å². The third-order valence-corrected chi connectivity index (χ3v) is 6.36. The Labute approximate surface area is 181 Å². The van der Waals surface area contributed by atoms with Gasteiger partial charge in [0.2, 0.25) is 11.8 Å². The summed E-state index contributed by atoms with van der Waals surface area (Å²) in [6.45, 7) is 4.88. The van der Waals surface area contributed by atoms with Gasteiger partial charge in [-0.25, -0.2) is 0 Å². The molecule has 1 N–H and O–H groups in total. The molecule has 0 spiro atoms. The largest absolute Gasteiger partial charge is 0.497 e. The first-order valence-corrected chi connectivity index (χ1v) is 10.8. The molecule has 2 amide bonds. The van der Waals surface area contributed by atoms with Gasteiger partial charge in [0.25, 0.3) is 0 Å². The molecule has 2 aliphatic heterocycles. The summed E-state index contributed by atoms with van der Waals surface area (Å²) in [7, 11) is 1.64. The maximum atomic E-state index is 13.5. The van der Waals surface area contributed by atoms with Crippen molar-refractivity contribution >= 4 is 22.7 Å². The predicted molar refractivity (Wildman–Crippen MR) is 119 cm³/mol. The van der Waals surface area contributed by atoms with Crippen LogP contribution in [-0.2, 0) is 16.0 Å². The summed E-state index contributed by atoms with van der Waals surface area (Å²) in [5.74, 6) is 1.11. The van der Waals surface area contributed by atoms with Gasteiger partial charge < -0.3 is 19.5 Å². The molecule has 160 valence electrons. The monoisotopic (exact) mass is 417 g/mol. The average Bonchev–Trinajstić information content (AvgIpc) is 3.14. The number of ether oxygens (including phenoxy) is 1. The summed E-state index contributed by atoms with van der Waals surface area (Å²) in [6, 6.07) is 15.1. The summed E-state index contributed by atoms with van der Waals surface area (Å²) >= 11 is 0. The predicted octanol–water partition coefficient (Wildman–Crippen LogP) is 3.52. The van der Waals surface area contributed by atoms with Crippen LogP contribution in [-0.4, -0.2) is 52.8 Å². The molecule has 0 unspecified atom stereocenters. The van der Waals surface area contributed by atoms with Crippen LogP contribution in [0.15, 0.2) is 48.5 Å². The number of hydrogen-bond acceptors (Lipinski definition) is 3. The second-order valence-corrected chi connectivity index (χ2v) is 8.87. The molecule has 5 rings (SSSR count). The fourth-order valence-electron chi connectivity index (χ4n) is 5.05. The van der Waals surface area contributed by atoms with E-state index in [0.29, 0.717) is 18.9 Å². The third kappa shape index (κ3) is 3.17. The molecule has 2 atom stereocenters. The minimum absolute atomic E-state index is 0.00428. The summed E-state index contributed by atoms with van der Waals surface area (Å²) in [5.41, 5.74) is 4.13. The molecule has 1 aromatic heterocycles. The van der Waals surface area contributed by atoms with Crippen LogP contribution in [0.5, 0.6) is 5.75 Å². The van der Waals surface area contributed by atoms with Crippen LogP contribution in [0.2, 0.25) is 0 Å². The van der Waals surface area contributed by atoms with Crippen LogP contribution in [0.25, 0.3) is 10.9 Å². The molecule has 2 aromatic carbocycles. The molecule has 2 aliphatic rings. The van der Waals surface area contributed by atoms with Crippen LogP contribution < -0.4 is 4.74 Å². The van der Waals surface area contributed by atoms with Gasteiger partial charge in [-0.05, 0) is 35.2 Å². The van der Waals surface area contributed by atoms with E-state index in [2.05, 4.69) is 24.9 Å². The summed E-state index contributed by atoms with van der Waals surface area (Å²) < 4.78 is 5.32. The van der Waals surface area contributed by atoms with Crippen molar-refractivity contribution in [2.45, 2.75) is 32.4 Å². The molecular weight excluding hydrogens is 390 g/mol. The van der Waals surface area contributed by atoms with E-state index in [0.717, 1.165) is 33.5 Å². The van der Waals surface area contributed by atoms with Gasteiger partial charge in [-0.15, -0.1) is 0 Å². The molecule has 1 saturated heterocycles. The summed E-state index contributed by atoms with van der Waals surface area (Å²) in [5, 5.41) is 1.12. The number of hydrogen-bond donors (Lipinski definition) is 1. The molecule has 6 heteroatoms. The van der Waals surface area contributed by atoms with Gasteiger partial charge in [0.15, 0.2) is 0 Å². The Kier molecular flexibility index (Phi) is 4.73. The molecule has 0 bridgehead atoms. The molecule has 0 radical (unpaired) electrons. The lowest BCUT2D eigenvalue weighted by Crippen LogP contribution is -2.63. The molecule has 0 aliphatic carbocycles. The fraction of sp³-hybridized carbons (Fsp3) is 0.360. The van der Waals surface area contributed by atoms with E-state index < -0.39 is 6.04 Å². The summed E-state index contributed by atoms with van der Waals surface area (Å²) in [4.78, 5) is 34.0. The van der Waals surface area contributed by atoms with Crippen molar-refractivity contribution in [1.82, 2.24) is 14.8 Å². The van der Waals surface area contributed by atoms with E-state index >= 15 is 0 Å². The van der Waals surface area contributed by atoms with Gasteiger partial charge in [0.05, 0.1) is 19.7 Å². The standard InChI is InChI=1S/C25H27N3O3/c1-15(2)13-27-14-22(29)28-21(25(27)30)12-19-18-6-4-5-7-20(18)26-23(19)24(28)16-8-10-17(31-3)11-9-16/h4-11,15,21,24,26H,12-14H2,1-3H3/t21-,24+/m0/s1. The molecule has 1 fully saturated rings. The van der Waals surface area contributed by atoms with E-state index in [-0.39, 0.29) is 24.4 Å². The number of aromatic nitrogens is 1. The Hall–Kier alpha value is -3.28. The first-order chi connectivity index (χ1) is 15.0. The lowest BCUT2D eigenvalue weighted by molar-refractivity contribution is -0.159. The number of amides is 2. The average molecular weight is 418 g/mol. The number of para-hydroxylation sites is 1. The van der Waals surface area contributed by atoms with Crippen LogP contribution in [0, 0.1) is 5.92 Å². The number of aromatic amines is 1. The highest BCUT2D eigenvalue weighted by atomic mass is 16.5. The van der Waals surface area contributed by atoms with Crippen LogP contribution in [0.3, 0.4) is 0 Å². The number of nitrogens with zero attached hydrogens (tertiary/aromatic N) is 2. The SMILES string of the molecule is COc1ccc([C@@H]2c3[nH]c4ccccc4c3C[C@H]3C(=O)N(CC(C)C)CC(=O)N23)cc1. The fourth-order valence-corrected chi connectivity index (χ4v) is 5.05. The van der Waals surface area contributed by atoms with Crippen LogP contribution in [0.1, 0.15) is 36.7 Å². The number of carbonyl (C=O) groups is 2. The lowest BCUT2D eigenvalue weighted by atomic mass is 9.86. The Bertz CT molecular complexity index is 1150. The quantitative estimate of drug-likeness (QED) is 0.706. The van der Waals surface area contributed by atoms with E-state index in [1.165, 1.54) is 0 Å². The smallest absolute Gasteiger partial charge is 0.246 e. The molecule has 3 heterocycles. The topological polar surface area (TPSA) is 65.6 Å². The first kappa shape index (κ1) is 19.7. The third-order valence-electron chi connectivity index (χ3n) is 6.36. The van der Waals surface area contributed by atoms with Crippen molar-refractivity contribution in [1.29, 1.82) is 0 Å². The van der Waals surface area contributed by atoms with Gasteiger partial charge >= 0.3 is 0 Å². The maximum Gasteiger partial charge on any atom is 0.246 e. The zero-order valence-corrected chi connectivity index (χ0v) is 18.1. The minimum atomic E-state index is -0.487. The molecule has 0 saturated carbocycles. The number of nitrogens with one attached hydrogen (secondary N) is 1. The van der Waals surface area contributed by atoms with Gasteiger partial charge in [-0.1, -0.05) is 44.2 Å². The Morgan fingerprint density at radius 1 is 1.10 bits per heavy atom. The van der Waals surface area contributed by atoms with Gasteiger partial charge in [0, 0.05) is 29.6 Å². The van der Waals surface area contributed by atoms with Crippen molar-refractivity contribution < 1.29 is 14.3 Å². The van der Waals surface area contributed by atoms with E-state index in [4.69, 9.17) is 4.74 Å². The van der Waals surface area contributed by atoms with Gasteiger partial charge in [0.1, 0.15) is 11.8 Å². The van der Waals surface area contributed by atoms with E-state index in [1.807, 2.05) is 42.5 Å². The second-order valence-electron chi connectivity index (χ2n) is 8.87. The lowest BCUT2D eigenvalue weighted by Gasteiger charge is -2.47. The second kappa shape index (κ2) is 7.45. The zero-order chi connectivity index (χ0) is 21.7. The number of piperazine rings is 1. The highest BCUT2D eigenvalue weighted by molar-refractivity contribution is 5.97. The minimum Gasteiger partial charge on any atom is -0.497 e. The first-order valence-electron chi connectivity index (χ1n) is 10.8. The number of rotatable bonds is 4. The van der Waals surface area contributed by atoms with Crippen molar-refractivity contribution in [2.24, 2.45) is 5.92 Å². The highest BCUT2D eigenvalue weighted by Gasteiger charge is 2.48. The van der Waals surface area contributed by atoms with Crippen molar-refractivity contribution in [3.63, 3.8) is 0 Å². The van der Waals surface area contributed by atoms with E-state index in [9.17, 15) is 9.59 Å². The molecular formula is C25H27N3O3. The summed E-state index contributed by atoms with van der Waals surface area (Å²) in [6.07, 6.45) is 0.533.